The molecular weight excluding hydrogens is 286 g/mol. The van der Waals surface area contributed by atoms with Crippen molar-refractivity contribution in [2.45, 2.75) is 19.9 Å². The standard InChI is InChI=1S/C16H21NO5/c1-10(2)15(16(19)20)17-14(18)8-5-11-9-12(21-3)6-7-13(11)22-4/h5-10,15H,1-4H3,(H,17,18)(H,19,20)/b8-5+. The van der Waals surface area contributed by atoms with E-state index in [4.69, 9.17) is 14.6 Å². The van der Waals surface area contributed by atoms with Crippen LogP contribution >= 0.6 is 0 Å². The van der Waals surface area contributed by atoms with Crippen LogP contribution in [0.25, 0.3) is 6.08 Å². The third-order valence-corrected chi connectivity index (χ3v) is 3.08. The van der Waals surface area contributed by atoms with E-state index in [0.717, 1.165) is 0 Å². The molecule has 22 heavy (non-hydrogen) atoms. The van der Waals surface area contributed by atoms with Crippen LogP contribution < -0.4 is 14.8 Å². The average molecular weight is 307 g/mol. The predicted molar refractivity (Wildman–Crippen MR) is 83.0 cm³/mol. The molecule has 0 bridgehead atoms. The van der Waals surface area contributed by atoms with Crippen LogP contribution in [0.15, 0.2) is 24.3 Å². The second-order valence-corrected chi connectivity index (χ2v) is 5.01. The van der Waals surface area contributed by atoms with E-state index in [9.17, 15) is 9.59 Å². The summed E-state index contributed by atoms with van der Waals surface area (Å²) < 4.78 is 10.3. The molecule has 120 valence electrons. The molecule has 1 unspecified atom stereocenters. The van der Waals surface area contributed by atoms with Crippen LogP contribution in [0.5, 0.6) is 11.5 Å². The van der Waals surface area contributed by atoms with Crippen LogP contribution in [0.2, 0.25) is 0 Å². The summed E-state index contributed by atoms with van der Waals surface area (Å²) in [7, 11) is 3.07. The summed E-state index contributed by atoms with van der Waals surface area (Å²) in [6, 6.07) is 4.27. The molecule has 0 saturated heterocycles. The highest BCUT2D eigenvalue weighted by atomic mass is 16.5. The fourth-order valence-corrected chi connectivity index (χ4v) is 1.85. The zero-order valence-corrected chi connectivity index (χ0v) is 13.1. The van der Waals surface area contributed by atoms with E-state index in [1.54, 1.807) is 45.2 Å². The van der Waals surface area contributed by atoms with Crippen molar-refractivity contribution in [1.82, 2.24) is 5.32 Å². The second kappa shape index (κ2) is 8.07. The van der Waals surface area contributed by atoms with Gasteiger partial charge in [-0.3, -0.25) is 4.79 Å². The first-order valence-electron chi connectivity index (χ1n) is 6.82. The molecule has 1 aromatic carbocycles. The zero-order valence-electron chi connectivity index (χ0n) is 13.1. The van der Waals surface area contributed by atoms with Crippen LogP contribution in [-0.2, 0) is 9.59 Å². The van der Waals surface area contributed by atoms with Crippen molar-refractivity contribution < 1.29 is 24.2 Å². The molecule has 0 spiro atoms. The average Bonchev–Trinajstić information content (AvgIpc) is 2.49. The van der Waals surface area contributed by atoms with Crippen LogP contribution in [0.3, 0.4) is 0 Å². The SMILES string of the molecule is COc1ccc(OC)c(/C=C/C(=O)NC(C(=O)O)C(C)C)c1. The van der Waals surface area contributed by atoms with Gasteiger partial charge in [-0.05, 0) is 30.2 Å². The molecule has 6 nitrogen and oxygen atoms in total. The van der Waals surface area contributed by atoms with Crippen molar-refractivity contribution in [1.29, 1.82) is 0 Å². The van der Waals surface area contributed by atoms with Crippen LogP contribution in [0.4, 0.5) is 0 Å². The van der Waals surface area contributed by atoms with Crippen molar-refractivity contribution >= 4 is 18.0 Å². The Bertz CT molecular complexity index is 566. The van der Waals surface area contributed by atoms with Gasteiger partial charge in [-0.15, -0.1) is 0 Å². The van der Waals surface area contributed by atoms with Gasteiger partial charge in [-0.1, -0.05) is 13.8 Å². The quantitative estimate of drug-likeness (QED) is 0.752. The number of carbonyl (C=O) groups excluding carboxylic acids is 1. The van der Waals surface area contributed by atoms with Crippen molar-refractivity contribution in [3.8, 4) is 11.5 Å². The summed E-state index contributed by atoms with van der Waals surface area (Å²) in [5, 5.41) is 11.5. The zero-order chi connectivity index (χ0) is 16.7. The van der Waals surface area contributed by atoms with E-state index in [1.807, 2.05) is 0 Å². The number of methoxy groups -OCH3 is 2. The summed E-state index contributed by atoms with van der Waals surface area (Å²) in [6.07, 6.45) is 2.82. The Morgan fingerprint density at radius 2 is 1.91 bits per heavy atom. The topological polar surface area (TPSA) is 84.9 Å². The predicted octanol–water partition coefficient (Wildman–Crippen LogP) is 1.94. The van der Waals surface area contributed by atoms with E-state index in [-0.39, 0.29) is 5.92 Å². The molecular formula is C16H21NO5. The maximum Gasteiger partial charge on any atom is 0.326 e. The molecule has 1 rings (SSSR count). The van der Waals surface area contributed by atoms with Gasteiger partial charge < -0.3 is 19.9 Å². The van der Waals surface area contributed by atoms with Gasteiger partial charge >= 0.3 is 5.97 Å². The fourth-order valence-electron chi connectivity index (χ4n) is 1.85. The van der Waals surface area contributed by atoms with E-state index in [2.05, 4.69) is 5.32 Å². The third-order valence-electron chi connectivity index (χ3n) is 3.08. The summed E-state index contributed by atoms with van der Waals surface area (Å²) in [5.41, 5.74) is 0.661. The number of ether oxygens (including phenoxy) is 2. The third kappa shape index (κ3) is 4.80. The van der Waals surface area contributed by atoms with Gasteiger partial charge in [-0.25, -0.2) is 4.79 Å². The Hall–Kier alpha value is -2.50. The minimum absolute atomic E-state index is 0.207. The molecule has 0 aliphatic carbocycles. The lowest BCUT2D eigenvalue weighted by molar-refractivity contribution is -0.142. The molecule has 0 aliphatic heterocycles. The Balaban J connectivity index is 2.87. The summed E-state index contributed by atoms with van der Waals surface area (Å²) in [5.74, 6) is -0.530. The molecule has 0 aliphatic rings. The van der Waals surface area contributed by atoms with E-state index in [0.29, 0.717) is 17.1 Å². The molecule has 2 N–H and O–H groups in total. The number of carbonyl (C=O) groups is 2. The molecule has 6 heteroatoms. The first-order valence-corrected chi connectivity index (χ1v) is 6.82. The lowest BCUT2D eigenvalue weighted by Crippen LogP contribution is -2.43. The molecule has 0 aromatic heterocycles. The van der Waals surface area contributed by atoms with E-state index in [1.165, 1.54) is 13.2 Å². The van der Waals surface area contributed by atoms with Crippen LogP contribution in [0.1, 0.15) is 19.4 Å². The maximum atomic E-state index is 11.9. The van der Waals surface area contributed by atoms with E-state index < -0.39 is 17.9 Å². The molecule has 1 amide bonds. The number of hydrogen-bond acceptors (Lipinski definition) is 4. The number of hydrogen-bond donors (Lipinski definition) is 2. The van der Waals surface area contributed by atoms with Crippen LogP contribution in [-0.4, -0.2) is 37.2 Å². The van der Waals surface area contributed by atoms with Crippen molar-refractivity contribution in [2.75, 3.05) is 14.2 Å². The molecule has 0 saturated carbocycles. The Kier molecular flexibility index (Phi) is 6.44. The second-order valence-electron chi connectivity index (χ2n) is 5.01. The highest BCUT2D eigenvalue weighted by molar-refractivity contribution is 5.94. The number of nitrogens with one attached hydrogen (secondary N) is 1. The summed E-state index contributed by atoms with van der Waals surface area (Å²) in [4.78, 5) is 22.9. The maximum absolute atomic E-state index is 11.9. The molecule has 1 aromatic rings. The monoisotopic (exact) mass is 307 g/mol. The summed E-state index contributed by atoms with van der Waals surface area (Å²) in [6.45, 7) is 3.46. The fraction of sp³-hybridized carbons (Fsp3) is 0.375. The Morgan fingerprint density at radius 3 is 2.41 bits per heavy atom. The van der Waals surface area contributed by atoms with Gasteiger partial charge in [0.05, 0.1) is 14.2 Å². The number of benzene rings is 1. The van der Waals surface area contributed by atoms with Crippen molar-refractivity contribution in [2.24, 2.45) is 5.92 Å². The lowest BCUT2D eigenvalue weighted by atomic mass is 10.0. The summed E-state index contributed by atoms with van der Waals surface area (Å²) >= 11 is 0. The Morgan fingerprint density at radius 1 is 1.23 bits per heavy atom. The smallest absolute Gasteiger partial charge is 0.326 e. The normalized spacial score (nSPS) is 12.2. The van der Waals surface area contributed by atoms with Gasteiger partial charge in [0, 0.05) is 11.6 Å². The van der Waals surface area contributed by atoms with Gasteiger partial charge in [-0.2, -0.15) is 0 Å². The minimum atomic E-state index is -1.06. The first-order chi connectivity index (χ1) is 10.4. The highest BCUT2D eigenvalue weighted by Gasteiger charge is 2.22. The molecule has 1 atom stereocenters. The van der Waals surface area contributed by atoms with E-state index >= 15 is 0 Å². The molecule has 0 heterocycles. The Labute approximate surface area is 129 Å². The number of rotatable bonds is 7. The van der Waals surface area contributed by atoms with Gasteiger partial charge in [0.2, 0.25) is 5.91 Å². The van der Waals surface area contributed by atoms with Gasteiger partial charge in [0.15, 0.2) is 0 Å². The number of carboxylic acids is 1. The lowest BCUT2D eigenvalue weighted by Gasteiger charge is -2.16. The number of carboxylic acid groups (broad SMARTS) is 1. The van der Waals surface area contributed by atoms with Crippen LogP contribution in [0, 0.1) is 5.92 Å². The molecule has 0 fully saturated rings. The number of aliphatic carboxylic acids is 1. The highest BCUT2D eigenvalue weighted by Crippen LogP contribution is 2.24. The minimum Gasteiger partial charge on any atom is -0.497 e. The number of amides is 1. The van der Waals surface area contributed by atoms with Crippen molar-refractivity contribution in [3.63, 3.8) is 0 Å². The first kappa shape index (κ1) is 17.6. The molecule has 0 radical (unpaired) electrons. The van der Waals surface area contributed by atoms with Gasteiger partial charge in [0.1, 0.15) is 17.5 Å². The van der Waals surface area contributed by atoms with Gasteiger partial charge in [0.25, 0.3) is 0 Å². The largest absolute Gasteiger partial charge is 0.497 e. The van der Waals surface area contributed by atoms with Crippen molar-refractivity contribution in [3.05, 3.63) is 29.8 Å².